The molecule has 2 heteroatoms. The second kappa shape index (κ2) is 5.10. The van der Waals surface area contributed by atoms with Gasteiger partial charge in [-0.05, 0) is 39.1 Å². The largest absolute Gasteiger partial charge is 0.245 e. The first kappa shape index (κ1) is 12.7. The van der Waals surface area contributed by atoms with Crippen molar-refractivity contribution in [2.24, 2.45) is 5.41 Å². The van der Waals surface area contributed by atoms with E-state index in [4.69, 9.17) is 0 Å². The number of hydrogen-bond acceptors (Lipinski definition) is 0. The van der Waals surface area contributed by atoms with Crippen LogP contribution < -0.4 is 0 Å². The predicted molar refractivity (Wildman–Crippen MR) is 72.8 cm³/mol. The molecule has 82 valence electrons. The molecule has 15 heavy (non-hydrogen) atoms. The van der Waals surface area contributed by atoms with Crippen LogP contribution in [0, 0.1) is 5.41 Å². The summed E-state index contributed by atoms with van der Waals surface area (Å²) in [6.45, 7) is 5.96. The summed E-state index contributed by atoms with van der Waals surface area (Å²) in [6.07, 6.45) is 0. The lowest BCUT2D eigenvalue weighted by atomic mass is 9.82. The number of benzene rings is 1. The molecule has 1 aromatic carbocycles. The van der Waals surface area contributed by atoms with E-state index in [1.165, 1.54) is 0 Å². The van der Waals surface area contributed by atoms with Crippen LogP contribution in [-0.4, -0.2) is 6.67 Å². The SMILES string of the molecule is CC(C)(C)/C(=C(/I)CF)c1ccccc1. The molecule has 0 saturated carbocycles. The molecule has 0 aliphatic heterocycles. The molecular formula is C13H16FI. The maximum atomic E-state index is 12.8. The molecule has 0 aliphatic carbocycles. The minimum absolute atomic E-state index is 0.0238. The summed E-state index contributed by atoms with van der Waals surface area (Å²) in [5.41, 5.74) is 2.20. The summed E-state index contributed by atoms with van der Waals surface area (Å²) in [4.78, 5) is 0. The van der Waals surface area contributed by atoms with Gasteiger partial charge in [0.05, 0.1) is 0 Å². The summed E-state index contributed by atoms with van der Waals surface area (Å²) < 4.78 is 13.6. The highest BCUT2D eigenvalue weighted by atomic mass is 127. The average molecular weight is 318 g/mol. The van der Waals surface area contributed by atoms with E-state index in [2.05, 4.69) is 43.4 Å². The molecule has 0 bridgehead atoms. The predicted octanol–water partition coefficient (Wildman–Crippen LogP) is 4.85. The van der Waals surface area contributed by atoms with E-state index in [1.54, 1.807) is 0 Å². The number of allylic oxidation sites excluding steroid dienone is 2. The molecular weight excluding hydrogens is 302 g/mol. The summed E-state index contributed by atoms with van der Waals surface area (Å²) in [6, 6.07) is 10.0. The van der Waals surface area contributed by atoms with Gasteiger partial charge in [-0.3, -0.25) is 0 Å². The Morgan fingerprint density at radius 1 is 1.20 bits per heavy atom. The Labute approximate surface area is 105 Å². The Morgan fingerprint density at radius 2 is 1.73 bits per heavy atom. The quantitative estimate of drug-likeness (QED) is 0.684. The maximum absolute atomic E-state index is 12.8. The highest BCUT2D eigenvalue weighted by Crippen LogP contribution is 2.38. The second-order valence-corrected chi connectivity index (χ2v) is 5.83. The Morgan fingerprint density at radius 3 is 2.13 bits per heavy atom. The van der Waals surface area contributed by atoms with Gasteiger partial charge in [0.2, 0.25) is 0 Å². The van der Waals surface area contributed by atoms with E-state index in [0.29, 0.717) is 0 Å². The number of alkyl halides is 1. The second-order valence-electron chi connectivity index (χ2n) is 4.53. The molecule has 0 unspecified atom stereocenters. The molecule has 1 aromatic rings. The molecule has 0 heterocycles. The van der Waals surface area contributed by atoms with E-state index in [0.717, 1.165) is 14.7 Å². The van der Waals surface area contributed by atoms with Crippen LogP contribution in [-0.2, 0) is 0 Å². The summed E-state index contributed by atoms with van der Waals surface area (Å²) in [5, 5.41) is 0. The van der Waals surface area contributed by atoms with Gasteiger partial charge in [-0.15, -0.1) is 0 Å². The zero-order valence-electron chi connectivity index (χ0n) is 9.35. The van der Waals surface area contributed by atoms with Crippen LogP contribution in [0.15, 0.2) is 33.9 Å². The third kappa shape index (κ3) is 3.30. The lowest BCUT2D eigenvalue weighted by molar-refractivity contribution is 0.537. The van der Waals surface area contributed by atoms with Gasteiger partial charge in [-0.25, -0.2) is 4.39 Å². The van der Waals surface area contributed by atoms with E-state index in [-0.39, 0.29) is 12.1 Å². The molecule has 0 aliphatic rings. The van der Waals surface area contributed by atoms with Crippen molar-refractivity contribution >= 4 is 28.2 Å². The smallest absolute Gasteiger partial charge is 0.120 e. The van der Waals surface area contributed by atoms with Gasteiger partial charge in [0.25, 0.3) is 0 Å². The van der Waals surface area contributed by atoms with Gasteiger partial charge in [0.1, 0.15) is 6.67 Å². The number of rotatable bonds is 2. The molecule has 0 fully saturated rings. The zero-order valence-corrected chi connectivity index (χ0v) is 11.5. The van der Waals surface area contributed by atoms with Gasteiger partial charge >= 0.3 is 0 Å². The average Bonchev–Trinajstić information content (AvgIpc) is 2.17. The van der Waals surface area contributed by atoms with Gasteiger partial charge in [0.15, 0.2) is 0 Å². The van der Waals surface area contributed by atoms with E-state index in [9.17, 15) is 4.39 Å². The van der Waals surface area contributed by atoms with Crippen molar-refractivity contribution in [2.45, 2.75) is 20.8 Å². The van der Waals surface area contributed by atoms with Crippen LogP contribution in [0.1, 0.15) is 26.3 Å². The minimum Gasteiger partial charge on any atom is -0.245 e. The summed E-state index contributed by atoms with van der Waals surface area (Å²) >= 11 is 2.10. The monoisotopic (exact) mass is 318 g/mol. The lowest BCUT2D eigenvalue weighted by Gasteiger charge is -2.25. The first-order valence-corrected chi connectivity index (χ1v) is 6.05. The fourth-order valence-electron chi connectivity index (χ4n) is 1.67. The first-order chi connectivity index (χ1) is 6.96. The standard InChI is InChI=1S/C13H16FI/c1-13(2,3)12(11(15)9-14)10-7-5-4-6-8-10/h4-8H,9H2,1-3H3/b12-11+. The Kier molecular flexibility index (Phi) is 4.32. The molecule has 0 saturated heterocycles. The zero-order chi connectivity index (χ0) is 11.5. The van der Waals surface area contributed by atoms with Gasteiger partial charge < -0.3 is 0 Å². The van der Waals surface area contributed by atoms with Crippen LogP contribution >= 0.6 is 22.6 Å². The van der Waals surface area contributed by atoms with Crippen molar-refractivity contribution in [1.29, 1.82) is 0 Å². The fraction of sp³-hybridized carbons (Fsp3) is 0.385. The molecule has 0 spiro atoms. The van der Waals surface area contributed by atoms with Crippen molar-refractivity contribution in [2.75, 3.05) is 6.67 Å². The Bertz CT molecular complexity index is 347. The number of hydrogen-bond donors (Lipinski definition) is 0. The summed E-state index contributed by atoms with van der Waals surface area (Å²) in [7, 11) is 0. The number of halogens is 2. The Balaban J connectivity index is 3.27. The van der Waals surface area contributed by atoms with E-state index < -0.39 is 0 Å². The molecule has 0 amide bonds. The van der Waals surface area contributed by atoms with Crippen LogP contribution in [0.4, 0.5) is 4.39 Å². The van der Waals surface area contributed by atoms with E-state index >= 15 is 0 Å². The van der Waals surface area contributed by atoms with Crippen molar-refractivity contribution in [1.82, 2.24) is 0 Å². The Hall–Kier alpha value is -0.380. The molecule has 0 nitrogen and oxygen atoms in total. The van der Waals surface area contributed by atoms with Crippen molar-refractivity contribution in [3.63, 3.8) is 0 Å². The van der Waals surface area contributed by atoms with Gasteiger partial charge in [0, 0.05) is 3.58 Å². The normalized spacial score (nSPS) is 13.7. The van der Waals surface area contributed by atoms with Gasteiger partial charge in [-0.1, -0.05) is 51.1 Å². The van der Waals surface area contributed by atoms with Crippen molar-refractivity contribution < 1.29 is 4.39 Å². The van der Waals surface area contributed by atoms with Crippen LogP contribution in [0.25, 0.3) is 5.57 Å². The molecule has 0 atom stereocenters. The van der Waals surface area contributed by atoms with Crippen molar-refractivity contribution in [3.05, 3.63) is 39.5 Å². The maximum Gasteiger partial charge on any atom is 0.120 e. The first-order valence-electron chi connectivity index (χ1n) is 4.97. The molecule has 0 N–H and O–H groups in total. The molecule has 1 rings (SSSR count). The third-order valence-electron chi connectivity index (χ3n) is 2.20. The van der Waals surface area contributed by atoms with Crippen LogP contribution in [0.5, 0.6) is 0 Å². The van der Waals surface area contributed by atoms with Crippen LogP contribution in [0.3, 0.4) is 0 Å². The van der Waals surface area contributed by atoms with Gasteiger partial charge in [-0.2, -0.15) is 0 Å². The highest BCUT2D eigenvalue weighted by molar-refractivity contribution is 14.1. The highest BCUT2D eigenvalue weighted by Gasteiger charge is 2.21. The van der Waals surface area contributed by atoms with Crippen molar-refractivity contribution in [3.8, 4) is 0 Å². The molecule has 0 radical (unpaired) electrons. The van der Waals surface area contributed by atoms with Crippen LogP contribution in [0.2, 0.25) is 0 Å². The fourth-order valence-corrected chi connectivity index (χ4v) is 2.79. The minimum atomic E-state index is -0.387. The lowest BCUT2D eigenvalue weighted by Crippen LogP contribution is -2.10. The van der Waals surface area contributed by atoms with E-state index in [1.807, 2.05) is 30.3 Å². The summed E-state index contributed by atoms with van der Waals surface area (Å²) in [5.74, 6) is 0. The topological polar surface area (TPSA) is 0 Å². The molecule has 0 aromatic heterocycles. The third-order valence-corrected chi connectivity index (χ3v) is 3.03.